The molecule has 2 N–H and O–H groups in total. The summed E-state index contributed by atoms with van der Waals surface area (Å²) >= 11 is 0. The number of carboxylic acid groups (broad SMARTS) is 1. The van der Waals surface area contributed by atoms with E-state index in [1.165, 1.54) is 0 Å². The summed E-state index contributed by atoms with van der Waals surface area (Å²) in [6.45, 7) is 3.30. The number of amides is 1. The molecule has 0 heterocycles. The molecule has 6 nitrogen and oxygen atoms in total. The maximum absolute atomic E-state index is 11.5. The largest absolute Gasteiger partial charge is 0.482 e. The normalized spacial score (nSPS) is 10.3. The second kappa shape index (κ2) is 7.38. The van der Waals surface area contributed by atoms with Gasteiger partial charge in [-0.2, -0.15) is 0 Å². The fourth-order valence-corrected chi connectivity index (χ4v) is 1.22. The van der Waals surface area contributed by atoms with Crippen LogP contribution in [0, 0.1) is 0 Å². The van der Waals surface area contributed by atoms with E-state index in [1.54, 1.807) is 24.3 Å². The third kappa shape index (κ3) is 6.42. The third-order valence-electron chi connectivity index (χ3n) is 2.05. The maximum Gasteiger partial charge on any atom is 0.341 e. The average Bonchev–Trinajstić information content (AvgIpc) is 2.35. The second-order valence-corrected chi connectivity index (χ2v) is 4.11. The minimum atomic E-state index is -1.04. The van der Waals surface area contributed by atoms with Gasteiger partial charge in [0.2, 0.25) is 5.91 Å². The number of ether oxygens (including phenoxy) is 2. The SMILES string of the molecule is CC(C)OCC(=O)Nc1ccc(OCC(=O)O)cc1. The first-order chi connectivity index (χ1) is 8.97. The molecular weight excluding hydrogens is 250 g/mol. The summed E-state index contributed by atoms with van der Waals surface area (Å²) in [7, 11) is 0. The summed E-state index contributed by atoms with van der Waals surface area (Å²) in [4.78, 5) is 21.8. The maximum atomic E-state index is 11.5. The van der Waals surface area contributed by atoms with Gasteiger partial charge in [0.25, 0.3) is 0 Å². The first-order valence-electron chi connectivity index (χ1n) is 5.83. The Bertz CT molecular complexity index is 427. The molecule has 0 aliphatic heterocycles. The molecule has 1 aromatic rings. The molecule has 0 bridgehead atoms. The smallest absolute Gasteiger partial charge is 0.341 e. The first-order valence-corrected chi connectivity index (χ1v) is 5.83. The van der Waals surface area contributed by atoms with Crippen molar-refractivity contribution in [2.75, 3.05) is 18.5 Å². The van der Waals surface area contributed by atoms with Gasteiger partial charge in [-0.1, -0.05) is 0 Å². The van der Waals surface area contributed by atoms with Crippen molar-refractivity contribution in [1.82, 2.24) is 0 Å². The van der Waals surface area contributed by atoms with Crippen molar-refractivity contribution < 1.29 is 24.2 Å². The molecule has 0 aromatic heterocycles. The van der Waals surface area contributed by atoms with Gasteiger partial charge < -0.3 is 19.9 Å². The van der Waals surface area contributed by atoms with Crippen molar-refractivity contribution >= 4 is 17.6 Å². The van der Waals surface area contributed by atoms with Crippen LogP contribution in [-0.4, -0.2) is 36.3 Å². The quantitative estimate of drug-likeness (QED) is 0.782. The Morgan fingerprint density at radius 2 is 1.84 bits per heavy atom. The van der Waals surface area contributed by atoms with E-state index in [0.717, 1.165) is 0 Å². The highest BCUT2D eigenvalue weighted by molar-refractivity contribution is 5.91. The molecule has 0 unspecified atom stereocenters. The molecule has 0 saturated heterocycles. The molecule has 6 heteroatoms. The Hall–Kier alpha value is -2.08. The second-order valence-electron chi connectivity index (χ2n) is 4.11. The molecule has 1 amide bonds. The van der Waals surface area contributed by atoms with Crippen LogP contribution in [0.1, 0.15) is 13.8 Å². The molecule has 0 fully saturated rings. The zero-order valence-corrected chi connectivity index (χ0v) is 10.9. The van der Waals surface area contributed by atoms with E-state index in [1.807, 2.05) is 13.8 Å². The minimum absolute atomic E-state index is 0.00227. The van der Waals surface area contributed by atoms with Crippen LogP contribution in [0.15, 0.2) is 24.3 Å². The molecular formula is C13H17NO5. The van der Waals surface area contributed by atoms with Crippen molar-refractivity contribution in [2.45, 2.75) is 20.0 Å². The average molecular weight is 267 g/mol. The van der Waals surface area contributed by atoms with Crippen molar-refractivity contribution in [3.8, 4) is 5.75 Å². The van der Waals surface area contributed by atoms with E-state index in [2.05, 4.69) is 5.32 Å². The van der Waals surface area contributed by atoms with Crippen LogP contribution in [0.3, 0.4) is 0 Å². The molecule has 0 radical (unpaired) electrons. The molecule has 1 rings (SSSR count). The number of nitrogens with one attached hydrogen (secondary N) is 1. The number of hydrogen-bond acceptors (Lipinski definition) is 4. The minimum Gasteiger partial charge on any atom is -0.482 e. The van der Waals surface area contributed by atoms with Gasteiger partial charge in [-0.15, -0.1) is 0 Å². The van der Waals surface area contributed by atoms with E-state index in [9.17, 15) is 9.59 Å². The first kappa shape index (κ1) is 15.0. The van der Waals surface area contributed by atoms with Crippen LogP contribution in [0.25, 0.3) is 0 Å². The zero-order chi connectivity index (χ0) is 14.3. The topological polar surface area (TPSA) is 84.9 Å². The van der Waals surface area contributed by atoms with Gasteiger partial charge in [0.15, 0.2) is 6.61 Å². The van der Waals surface area contributed by atoms with E-state index in [-0.39, 0.29) is 18.6 Å². The fourth-order valence-electron chi connectivity index (χ4n) is 1.22. The van der Waals surface area contributed by atoms with Crippen LogP contribution in [0.2, 0.25) is 0 Å². The molecule has 19 heavy (non-hydrogen) atoms. The molecule has 0 saturated carbocycles. The predicted molar refractivity (Wildman–Crippen MR) is 69.3 cm³/mol. The standard InChI is InChI=1S/C13H17NO5/c1-9(2)18-7-12(15)14-10-3-5-11(6-4-10)19-8-13(16)17/h3-6,9H,7-8H2,1-2H3,(H,14,15)(H,16,17). The summed E-state index contributed by atoms with van der Waals surface area (Å²) in [5, 5.41) is 11.1. The number of aliphatic carboxylic acids is 1. The molecule has 0 spiro atoms. The molecule has 0 atom stereocenters. The molecule has 104 valence electrons. The summed E-state index contributed by atoms with van der Waals surface area (Å²) < 4.78 is 10.1. The van der Waals surface area contributed by atoms with Gasteiger partial charge in [0.05, 0.1) is 6.10 Å². The highest BCUT2D eigenvalue weighted by Gasteiger charge is 2.04. The monoisotopic (exact) mass is 267 g/mol. The van der Waals surface area contributed by atoms with E-state index < -0.39 is 12.6 Å². The number of hydrogen-bond donors (Lipinski definition) is 2. The number of carboxylic acids is 1. The zero-order valence-electron chi connectivity index (χ0n) is 10.9. The Morgan fingerprint density at radius 1 is 1.21 bits per heavy atom. The Labute approximate surface area is 111 Å². The van der Waals surface area contributed by atoms with Gasteiger partial charge in [-0.25, -0.2) is 4.79 Å². The van der Waals surface area contributed by atoms with Gasteiger partial charge in [0.1, 0.15) is 12.4 Å². The van der Waals surface area contributed by atoms with E-state index >= 15 is 0 Å². The lowest BCUT2D eigenvalue weighted by molar-refractivity contribution is -0.139. The van der Waals surface area contributed by atoms with Crippen molar-refractivity contribution in [1.29, 1.82) is 0 Å². The van der Waals surface area contributed by atoms with Gasteiger partial charge in [-0.3, -0.25) is 4.79 Å². The highest BCUT2D eigenvalue weighted by Crippen LogP contribution is 2.15. The number of rotatable bonds is 7. The lowest BCUT2D eigenvalue weighted by atomic mass is 10.3. The lowest BCUT2D eigenvalue weighted by Gasteiger charge is -2.09. The predicted octanol–water partition coefficient (Wildman–Crippen LogP) is 1.51. The third-order valence-corrected chi connectivity index (χ3v) is 2.05. The van der Waals surface area contributed by atoms with Crippen LogP contribution < -0.4 is 10.1 Å². The Morgan fingerprint density at radius 3 is 2.37 bits per heavy atom. The Kier molecular flexibility index (Phi) is 5.81. The summed E-state index contributed by atoms with van der Waals surface area (Å²) in [6, 6.07) is 6.43. The molecule has 1 aromatic carbocycles. The lowest BCUT2D eigenvalue weighted by Crippen LogP contribution is -2.20. The van der Waals surface area contributed by atoms with Gasteiger partial charge in [-0.05, 0) is 38.1 Å². The van der Waals surface area contributed by atoms with E-state index in [0.29, 0.717) is 11.4 Å². The van der Waals surface area contributed by atoms with Crippen molar-refractivity contribution in [2.24, 2.45) is 0 Å². The van der Waals surface area contributed by atoms with Gasteiger partial charge >= 0.3 is 5.97 Å². The number of carbonyl (C=O) groups excluding carboxylic acids is 1. The Balaban J connectivity index is 2.43. The summed E-state index contributed by atoms with van der Waals surface area (Å²) in [5.74, 6) is -0.852. The van der Waals surface area contributed by atoms with Gasteiger partial charge in [0, 0.05) is 5.69 Å². The van der Waals surface area contributed by atoms with E-state index in [4.69, 9.17) is 14.6 Å². The number of anilines is 1. The van der Waals surface area contributed by atoms with Crippen LogP contribution in [0.5, 0.6) is 5.75 Å². The summed E-state index contributed by atoms with van der Waals surface area (Å²) in [5.41, 5.74) is 0.597. The van der Waals surface area contributed by atoms with Crippen molar-refractivity contribution in [3.05, 3.63) is 24.3 Å². The van der Waals surface area contributed by atoms with Crippen molar-refractivity contribution in [3.63, 3.8) is 0 Å². The number of benzene rings is 1. The fraction of sp³-hybridized carbons (Fsp3) is 0.385. The van der Waals surface area contributed by atoms with Crippen LogP contribution >= 0.6 is 0 Å². The van der Waals surface area contributed by atoms with Crippen LogP contribution in [-0.2, 0) is 14.3 Å². The molecule has 0 aliphatic rings. The highest BCUT2D eigenvalue weighted by atomic mass is 16.5. The number of carbonyl (C=O) groups is 2. The summed E-state index contributed by atoms with van der Waals surface area (Å²) in [6.07, 6.45) is -0.00227. The van der Waals surface area contributed by atoms with Crippen LogP contribution in [0.4, 0.5) is 5.69 Å². The molecule has 0 aliphatic carbocycles.